The van der Waals surface area contributed by atoms with Crippen molar-refractivity contribution in [3.05, 3.63) is 40.7 Å². The highest BCUT2D eigenvalue weighted by molar-refractivity contribution is 7.21. The lowest BCUT2D eigenvalue weighted by atomic mass is 10.1. The van der Waals surface area contributed by atoms with Gasteiger partial charge in [-0.2, -0.15) is 0 Å². The van der Waals surface area contributed by atoms with Crippen LogP contribution in [-0.2, 0) is 0 Å². The number of benzene rings is 2. The Kier molecular flexibility index (Phi) is 4.97. The summed E-state index contributed by atoms with van der Waals surface area (Å²) < 4.78 is 3.39. The summed E-state index contributed by atoms with van der Waals surface area (Å²) in [6.07, 6.45) is 0. The van der Waals surface area contributed by atoms with Crippen molar-refractivity contribution >= 4 is 27.2 Å². The molecule has 23 heavy (non-hydrogen) atoms. The lowest BCUT2D eigenvalue weighted by Crippen LogP contribution is -3.00. The molecule has 1 heterocycles. The summed E-state index contributed by atoms with van der Waals surface area (Å²) in [7, 11) is 8.31. The smallest absolute Gasteiger partial charge is 0.201 e. The van der Waals surface area contributed by atoms with E-state index >= 15 is 0 Å². The van der Waals surface area contributed by atoms with Crippen LogP contribution in [0.4, 0.5) is 5.69 Å². The summed E-state index contributed by atoms with van der Waals surface area (Å²) in [5.74, 6) is 0. The summed E-state index contributed by atoms with van der Waals surface area (Å²) >= 11 is 1.83. The molecule has 3 nitrogen and oxygen atoms in total. The fourth-order valence-corrected chi connectivity index (χ4v) is 3.85. The van der Waals surface area contributed by atoms with E-state index in [2.05, 4.69) is 75.8 Å². The van der Waals surface area contributed by atoms with E-state index in [1.165, 1.54) is 31.7 Å². The molecule has 2 aliphatic rings. The standard InChI is InChI=1S/C18H22N3S.ClH/c1-11-7-13(20(3)4)9-15-17(11)19-18-12(2)8-14(21(5)6)10-16(18)22-15;/h7-10H,1-6H3;1H/q+1;/p-1/i3+1,4+1,5+1,6+1;. The first-order valence-electron chi connectivity index (χ1n) is 7.40. The molecule has 0 saturated carbocycles. The molecule has 122 valence electrons. The molecule has 0 aromatic heterocycles. The van der Waals surface area contributed by atoms with E-state index in [0.717, 1.165) is 11.2 Å². The molecule has 0 bridgehead atoms. The van der Waals surface area contributed by atoms with E-state index in [-0.39, 0.29) is 12.4 Å². The van der Waals surface area contributed by atoms with Crippen molar-refractivity contribution in [2.75, 3.05) is 33.1 Å². The summed E-state index contributed by atoms with van der Waals surface area (Å²) in [5, 5.41) is 1.22. The molecule has 1 aromatic rings. The fraction of sp³-hybridized carbons (Fsp3) is 0.333. The second-order valence-corrected chi connectivity index (χ2v) is 7.31. The van der Waals surface area contributed by atoms with Crippen molar-refractivity contribution in [1.29, 1.82) is 0 Å². The molecule has 0 atom stereocenters. The van der Waals surface area contributed by atoms with Gasteiger partial charge in [0.25, 0.3) is 0 Å². The van der Waals surface area contributed by atoms with E-state index < -0.39 is 0 Å². The van der Waals surface area contributed by atoms with E-state index in [0.29, 0.717) is 0 Å². The molecule has 0 radical (unpaired) electrons. The van der Waals surface area contributed by atoms with Crippen LogP contribution >= 0.6 is 11.3 Å². The predicted molar refractivity (Wildman–Crippen MR) is 97.2 cm³/mol. The van der Waals surface area contributed by atoms with Crippen LogP contribution in [0, 0.1) is 13.8 Å². The Morgan fingerprint density at radius 3 is 2.30 bits per heavy atom. The normalized spacial score (nSPS) is 10.7. The largest absolute Gasteiger partial charge is 1.00 e. The molecule has 0 amide bonds. The van der Waals surface area contributed by atoms with Crippen molar-refractivity contribution in [3.63, 3.8) is 0 Å². The average molecular weight is 352 g/mol. The zero-order valence-electron chi connectivity index (χ0n) is 14.4. The van der Waals surface area contributed by atoms with Crippen LogP contribution in [0.15, 0.2) is 24.3 Å². The van der Waals surface area contributed by atoms with E-state index in [1.807, 2.05) is 11.3 Å². The van der Waals surface area contributed by atoms with Crippen LogP contribution in [0.25, 0.3) is 20.8 Å². The third kappa shape index (κ3) is 3.19. The van der Waals surface area contributed by atoms with Crippen molar-refractivity contribution < 1.29 is 12.4 Å². The van der Waals surface area contributed by atoms with Gasteiger partial charge in [-0.1, -0.05) is 0 Å². The Labute approximate surface area is 147 Å². The number of hydrogen-bond acceptors (Lipinski definition) is 3. The van der Waals surface area contributed by atoms with Gasteiger partial charge in [0, 0.05) is 31.9 Å². The van der Waals surface area contributed by atoms with Gasteiger partial charge in [0.2, 0.25) is 5.36 Å². The quantitative estimate of drug-likeness (QED) is 0.352. The first-order chi connectivity index (χ1) is 10.4. The highest BCUT2D eigenvalue weighted by atomic mass is 35.5. The van der Waals surface area contributed by atoms with Crippen LogP contribution < -0.4 is 27.2 Å². The Hall–Kier alpha value is -1.65. The lowest BCUT2D eigenvalue weighted by Gasteiger charge is -2.16. The van der Waals surface area contributed by atoms with Crippen molar-refractivity contribution in [1.82, 2.24) is 9.56 Å². The molecule has 1 aliphatic heterocycles. The summed E-state index contributed by atoms with van der Waals surface area (Å²) in [6.45, 7) is 4.29. The minimum Gasteiger partial charge on any atom is -1.00 e. The zero-order valence-corrected chi connectivity index (χ0v) is 16.0. The first-order valence-corrected chi connectivity index (χ1v) is 8.22. The van der Waals surface area contributed by atoms with Gasteiger partial charge in [-0.3, -0.25) is 0 Å². The van der Waals surface area contributed by atoms with Crippen LogP contribution in [0.1, 0.15) is 11.1 Å². The Morgan fingerprint density at radius 2 is 1.70 bits per heavy atom. The number of halogens is 1. The van der Waals surface area contributed by atoms with Gasteiger partial charge in [-0.05, 0) is 37.1 Å². The summed E-state index contributed by atoms with van der Waals surface area (Å²) in [6, 6.07) is 8.88. The zero-order chi connectivity index (χ0) is 16.0. The number of rotatable bonds is 1. The topological polar surface area (TPSA) is 19.1 Å². The van der Waals surface area contributed by atoms with Gasteiger partial charge in [0.1, 0.15) is 14.1 Å². The lowest BCUT2D eigenvalue weighted by molar-refractivity contribution is -0.00000466. The average Bonchev–Trinajstić information content (AvgIpc) is 2.45. The maximum atomic E-state index is 4.95. The molecule has 0 fully saturated rings. The monoisotopic (exact) mass is 351 g/mol. The molecular formula is C18H22ClN3S. The minimum atomic E-state index is 0. The predicted octanol–water partition coefficient (Wildman–Crippen LogP) is 0.120. The van der Waals surface area contributed by atoms with Gasteiger partial charge >= 0.3 is 0 Å². The van der Waals surface area contributed by atoms with Crippen molar-refractivity contribution in [2.45, 2.75) is 13.8 Å². The number of fused-ring (bicyclic) bond motifs is 2. The van der Waals surface area contributed by atoms with Crippen LogP contribution in [0.5, 0.6) is 0 Å². The van der Waals surface area contributed by atoms with E-state index in [4.69, 9.17) is 4.98 Å². The molecule has 3 rings (SSSR count). The Morgan fingerprint density at radius 1 is 1.00 bits per heavy atom. The van der Waals surface area contributed by atoms with Gasteiger partial charge in [-0.15, -0.1) is 11.3 Å². The van der Waals surface area contributed by atoms with Crippen molar-refractivity contribution in [3.8, 4) is 10.6 Å². The number of nitrogens with zero attached hydrogens (tertiary/aromatic N) is 3. The SMILES string of the molecule is Cc1cc(=[N+]([13CH3])[13CH3])cc2sc3cc(N([13CH3])[13CH3])cc(C)c3nc1-2.[Cl-]. The third-order valence-corrected chi connectivity index (χ3v) is 5.04. The van der Waals surface area contributed by atoms with Crippen molar-refractivity contribution in [2.24, 2.45) is 0 Å². The number of aryl methyl sites for hydroxylation is 2. The molecule has 0 spiro atoms. The van der Waals surface area contributed by atoms with Crippen LogP contribution in [0.2, 0.25) is 0 Å². The highest BCUT2D eigenvalue weighted by Gasteiger charge is 2.14. The van der Waals surface area contributed by atoms with Gasteiger partial charge in [0.15, 0.2) is 0 Å². The maximum Gasteiger partial charge on any atom is 0.201 e. The van der Waals surface area contributed by atoms with Gasteiger partial charge in [-0.25, -0.2) is 9.56 Å². The molecule has 0 unspecified atom stereocenters. The van der Waals surface area contributed by atoms with Crippen LogP contribution in [0.3, 0.4) is 0 Å². The molecule has 5 heteroatoms. The molecule has 0 N–H and O–H groups in total. The maximum absolute atomic E-state index is 4.95. The second-order valence-electron chi connectivity index (χ2n) is 6.22. The Balaban J connectivity index is 0.00000192. The first kappa shape index (κ1) is 17.7. The third-order valence-electron chi connectivity index (χ3n) is 3.98. The summed E-state index contributed by atoms with van der Waals surface area (Å²) in [5.41, 5.74) is 5.92. The molecule has 1 aliphatic carbocycles. The number of aromatic nitrogens is 1. The summed E-state index contributed by atoms with van der Waals surface area (Å²) in [4.78, 5) is 8.34. The molecule has 0 saturated heterocycles. The number of anilines is 1. The van der Waals surface area contributed by atoms with Gasteiger partial charge < -0.3 is 17.3 Å². The van der Waals surface area contributed by atoms with E-state index in [1.54, 1.807) is 0 Å². The highest BCUT2D eigenvalue weighted by Crippen LogP contribution is 2.34. The molecule has 1 aromatic carbocycles. The molecular weight excluding hydrogens is 330 g/mol. The van der Waals surface area contributed by atoms with Gasteiger partial charge in [0.05, 0.1) is 20.8 Å². The minimum absolute atomic E-state index is 0. The second kappa shape index (κ2) is 6.46. The van der Waals surface area contributed by atoms with E-state index in [9.17, 15) is 0 Å². The Bertz CT molecular complexity index is 908. The van der Waals surface area contributed by atoms with Crippen LogP contribution in [-0.4, -0.2) is 33.2 Å². The number of hydrogen-bond donors (Lipinski definition) is 0. The fourth-order valence-electron chi connectivity index (χ4n) is 2.65.